The average Bonchev–Trinajstić information content (AvgIpc) is 3.50. The van der Waals surface area contributed by atoms with Crippen LogP contribution in [0, 0.1) is 0 Å². The quantitative estimate of drug-likeness (QED) is 0.0850. The van der Waals surface area contributed by atoms with E-state index in [9.17, 15) is 0 Å². The minimum absolute atomic E-state index is 0.00654. The van der Waals surface area contributed by atoms with Crippen LogP contribution in [0.15, 0.2) is 228 Å². The van der Waals surface area contributed by atoms with E-state index < -0.39 is 0 Å². The van der Waals surface area contributed by atoms with E-state index >= 15 is 0 Å². The Hall–Kier alpha value is -8.26. The van der Waals surface area contributed by atoms with Gasteiger partial charge in [-0.1, -0.05) is 176 Å². The van der Waals surface area contributed by atoms with E-state index in [1.165, 1.54) is 16.7 Å². The van der Waals surface area contributed by atoms with Gasteiger partial charge < -0.3 is 9.73 Å². The molecule has 63 heavy (non-hydrogen) atoms. The van der Waals surface area contributed by atoms with Gasteiger partial charge in [0.2, 0.25) is 0 Å². The highest BCUT2D eigenvalue weighted by Crippen LogP contribution is 2.31. The van der Waals surface area contributed by atoms with Crippen molar-refractivity contribution in [3.8, 4) is 33.5 Å². The maximum Gasteiger partial charge on any atom is 0.186 e. The van der Waals surface area contributed by atoms with Gasteiger partial charge in [-0.25, -0.2) is 9.98 Å². The number of benzene rings is 6. The molecular weight excluding hydrogens is 767 g/mol. The summed E-state index contributed by atoms with van der Waals surface area (Å²) in [6, 6.07) is 59.0. The summed E-state index contributed by atoms with van der Waals surface area (Å²) in [7, 11) is 0. The highest BCUT2D eigenvalue weighted by molar-refractivity contribution is 6.02. The Balaban J connectivity index is 1.05. The van der Waals surface area contributed by atoms with Crippen molar-refractivity contribution in [3.05, 3.63) is 257 Å². The minimum atomic E-state index is 0.00654. The van der Waals surface area contributed by atoms with Crippen molar-refractivity contribution < 1.29 is 4.42 Å². The topological polar surface area (TPSA) is 50.4 Å². The van der Waals surface area contributed by atoms with Gasteiger partial charge in [0.05, 0.1) is 17.1 Å². The van der Waals surface area contributed by atoms with Crippen LogP contribution in [-0.2, 0) is 0 Å². The van der Waals surface area contributed by atoms with Gasteiger partial charge in [0.1, 0.15) is 11.4 Å². The molecule has 4 heteroatoms. The number of pyridine rings is 1. The molecule has 2 heterocycles. The first kappa shape index (κ1) is 38.9. The Bertz CT molecular complexity index is 3360. The van der Waals surface area contributed by atoms with E-state index in [0.717, 1.165) is 78.7 Å². The highest BCUT2D eigenvalue weighted by atomic mass is 16.3. The number of allylic oxidation sites excluding steroid dienone is 7. The fourth-order valence-corrected chi connectivity index (χ4v) is 8.20. The second-order valence-electron chi connectivity index (χ2n) is 15.7. The number of hydrogen-bond acceptors (Lipinski definition) is 3. The summed E-state index contributed by atoms with van der Waals surface area (Å²) in [6.45, 7) is 6.66. The Morgan fingerprint density at radius 3 is 2.14 bits per heavy atom. The molecule has 1 unspecified atom stereocenters. The standard InChI is InChI=1S/C59H43N3O/c1-40(42-18-10-5-11-19-42)60-59(47-24-14-7-15-25-47)61-41(2)54-38-51(44-22-8-3-4-9-23-44)39-55(62-54)50-34-35-56-53(37-50)58-52(28-17-29-57(58)63-56)46-32-30-45(31-33-46)49-27-16-26-48(36-49)43-20-12-6-13-21-43/h3,5-16,18-28,30-40H,2,4H2,1H3,(H,60,61). The lowest BCUT2D eigenvalue weighted by molar-refractivity contribution is 0.576. The summed E-state index contributed by atoms with van der Waals surface area (Å²) in [5.74, 6) is 0.725. The molecule has 0 bridgehead atoms. The molecule has 0 saturated heterocycles. The normalized spacial score (nSPS) is 13.6. The molecule has 10 rings (SSSR count). The van der Waals surface area contributed by atoms with Crippen molar-refractivity contribution in [2.45, 2.75) is 19.4 Å². The molecule has 1 atom stereocenters. The van der Waals surface area contributed by atoms with Gasteiger partial charge in [0.25, 0.3) is 0 Å². The number of furan rings is 1. The predicted molar refractivity (Wildman–Crippen MR) is 261 cm³/mol. The van der Waals surface area contributed by atoms with E-state index in [1.807, 2.05) is 42.5 Å². The van der Waals surface area contributed by atoms with Gasteiger partial charge in [-0.2, -0.15) is 0 Å². The van der Waals surface area contributed by atoms with E-state index in [0.29, 0.717) is 16.8 Å². The lowest BCUT2D eigenvalue weighted by atomic mass is 9.95. The molecule has 1 N–H and O–H groups in total. The molecule has 2 aliphatic carbocycles. The molecule has 2 aliphatic rings. The first-order chi connectivity index (χ1) is 31.0. The van der Waals surface area contributed by atoms with Crippen molar-refractivity contribution in [1.82, 2.24) is 10.3 Å². The van der Waals surface area contributed by atoms with Crippen LogP contribution in [0.2, 0.25) is 0 Å². The van der Waals surface area contributed by atoms with Crippen LogP contribution in [0.5, 0.6) is 0 Å². The second kappa shape index (κ2) is 17.4. The van der Waals surface area contributed by atoms with Crippen molar-refractivity contribution in [3.63, 3.8) is 0 Å². The Morgan fingerprint density at radius 2 is 1.37 bits per heavy atom. The first-order valence-electron chi connectivity index (χ1n) is 21.3. The largest absolute Gasteiger partial charge is 0.447 e. The average molecular weight is 810 g/mol. The number of amidine groups is 1. The number of hydrogen-bond donors (Lipinski definition) is 1. The number of nitrogens with one attached hydrogen (secondary N) is 1. The van der Waals surface area contributed by atoms with E-state index in [1.54, 1.807) is 0 Å². The Kier molecular flexibility index (Phi) is 10.7. The minimum Gasteiger partial charge on any atom is -0.447 e. The molecule has 4 nitrogen and oxygen atoms in total. The third-order valence-electron chi connectivity index (χ3n) is 11.5. The monoisotopic (exact) mass is 809 g/mol. The van der Waals surface area contributed by atoms with Crippen LogP contribution in [0.4, 0.5) is 0 Å². The predicted octanol–water partition coefficient (Wildman–Crippen LogP) is 12.8. The van der Waals surface area contributed by atoms with Crippen molar-refractivity contribution in [1.29, 1.82) is 0 Å². The Labute approximate surface area is 367 Å². The fourth-order valence-electron chi connectivity index (χ4n) is 8.20. The van der Waals surface area contributed by atoms with Crippen LogP contribution in [0.3, 0.4) is 0 Å². The SMILES string of the molecule is C=C(N=C(NC(C)c1ccccc1)c1ccccc1)c1cc(C2=CC=CCC=C2)cc(-c2ccc3oc4c(c3c2)=C(c2ccc(-c3cccc(-c5ccccc5)c3)cc2)C=C=C=4)n1. The third kappa shape index (κ3) is 8.29. The van der Waals surface area contributed by atoms with Crippen molar-refractivity contribution in [2.24, 2.45) is 4.99 Å². The summed E-state index contributed by atoms with van der Waals surface area (Å²) < 4.78 is 6.43. The van der Waals surface area contributed by atoms with Gasteiger partial charge in [0.15, 0.2) is 5.42 Å². The van der Waals surface area contributed by atoms with E-state index in [4.69, 9.17) is 14.4 Å². The summed E-state index contributed by atoms with van der Waals surface area (Å²) in [6.07, 6.45) is 13.6. The molecule has 0 radical (unpaired) electrons. The summed E-state index contributed by atoms with van der Waals surface area (Å²) in [5, 5.41) is 5.64. The second-order valence-corrected chi connectivity index (χ2v) is 15.7. The van der Waals surface area contributed by atoms with Gasteiger partial charge in [-0.15, -0.1) is 0 Å². The number of rotatable bonds is 10. The maximum atomic E-state index is 6.43. The lowest BCUT2D eigenvalue weighted by Gasteiger charge is -2.18. The molecule has 0 amide bonds. The molecule has 2 aromatic heterocycles. The smallest absolute Gasteiger partial charge is 0.186 e. The molecule has 0 aliphatic heterocycles. The number of aromatic nitrogens is 1. The summed E-state index contributed by atoms with van der Waals surface area (Å²) in [4.78, 5) is 10.4. The van der Waals surface area contributed by atoms with Crippen LogP contribution >= 0.6 is 0 Å². The van der Waals surface area contributed by atoms with Crippen LogP contribution in [-0.4, -0.2) is 10.8 Å². The number of aliphatic imine (C=N–C) groups is 1. The van der Waals surface area contributed by atoms with Gasteiger partial charge in [-0.05, 0) is 106 Å². The number of nitrogens with zero attached hydrogens (tertiary/aromatic N) is 2. The van der Waals surface area contributed by atoms with Gasteiger partial charge in [-0.3, -0.25) is 0 Å². The fraction of sp³-hybridized carbons (Fsp3) is 0.0508. The van der Waals surface area contributed by atoms with E-state index in [2.05, 4.69) is 194 Å². The first-order valence-corrected chi connectivity index (χ1v) is 21.3. The maximum absolute atomic E-state index is 6.43. The van der Waals surface area contributed by atoms with Crippen molar-refractivity contribution in [2.75, 3.05) is 0 Å². The zero-order valence-corrected chi connectivity index (χ0v) is 34.9. The van der Waals surface area contributed by atoms with Crippen molar-refractivity contribution >= 4 is 39.4 Å². The molecule has 6 aromatic carbocycles. The van der Waals surface area contributed by atoms with Gasteiger partial charge in [0, 0.05) is 33.3 Å². The third-order valence-corrected chi connectivity index (χ3v) is 11.5. The van der Waals surface area contributed by atoms with E-state index in [-0.39, 0.29) is 6.04 Å². The number of fused-ring (bicyclic) bond motifs is 3. The Morgan fingerprint density at radius 1 is 0.683 bits per heavy atom. The molecule has 0 fully saturated rings. The van der Waals surface area contributed by atoms with Crippen LogP contribution in [0.25, 0.3) is 67.1 Å². The zero-order chi connectivity index (χ0) is 42.5. The lowest BCUT2D eigenvalue weighted by Crippen LogP contribution is -2.27. The molecule has 0 saturated carbocycles. The molecule has 0 spiro atoms. The van der Waals surface area contributed by atoms with Crippen LogP contribution < -0.4 is 16.0 Å². The molecular formula is C59H43N3O. The van der Waals surface area contributed by atoms with Crippen LogP contribution in [0.1, 0.15) is 47.3 Å². The molecule has 300 valence electrons. The highest BCUT2D eigenvalue weighted by Gasteiger charge is 2.17. The summed E-state index contributed by atoms with van der Waals surface area (Å²) >= 11 is 0. The van der Waals surface area contributed by atoms with Gasteiger partial charge >= 0.3 is 0 Å². The summed E-state index contributed by atoms with van der Waals surface area (Å²) in [5.41, 5.74) is 21.9. The zero-order valence-electron chi connectivity index (χ0n) is 34.9. The molecule has 8 aromatic rings.